The first-order valence-corrected chi connectivity index (χ1v) is 6.93. The Bertz CT molecular complexity index is 515. The molecule has 0 bridgehead atoms. The van der Waals surface area contributed by atoms with Crippen LogP contribution in [0.15, 0.2) is 54.6 Å². The summed E-state index contributed by atoms with van der Waals surface area (Å²) >= 11 is 0. The highest BCUT2D eigenvalue weighted by molar-refractivity contribution is 5.23. The lowest BCUT2D eigenvalue weighted by Crippen LogP contribution is -2.13. The van der Waals surface area contributed by atoms with Gasteiger partial charge in [-0.3, -0.25) is 0 Å². The van der Waals surface area contributed by atoms with Gasteiger partial charge in [-0.25, -0.2) is 4.39 Å². The smallest absolute Gasteiger partial charge is 0.165 e. The van der Waals surface area contributed by atoms with E-state index in [4.69, 9.17) is 10.5 Å². The zero-order chi connectivity index (χ0) is 14.2. The highest BCUT2D eigenvalue weighted by atomic mass is 19.1. The molecule has 0 saturated carbocycles. The Hall–Kier alpha value is -1.87. The summed E-state index contributed by atoms with van der Waals surface area (Å²) < 4.78 is 18.8. The van der Waals surface area contributed by atoms with E-state index in [2.05, 4.69) is 12.1 Å². The molecule has 0 spiro atoms. The highest BCUT2D eigenvalue weighted by Crippen LogP contribution is 2.21. The van der Waals surface area contributed by atoms with Crippen molar-refractivity contribution < 1.29 is 9.13 Å². The van der Waals surface area contributed by atoms with E-state index < -0.39 is 0 Å². The maximum atomic E-state index is 13.4. The lowest BCUT2D eigenvalue weighted by molar-refractivity contribution is 0.288. The average Bonchev–Trinajstić information content (AvgIpc) is 2.50. The molecule has 0 heterocycles. The van der Waals surface area contributed by atoms with Gasteiger partial charge in [-0.2, -0.15) is 0 Å². The zero-order valence-electron chi connectivity index (χ0n) is 11.5. The average molecular weight is 273 g/mol. The Morgan fingerprint density at radius 1 is 1.00 bits per heavy atom. The van der Waals surface area contributed by atoms with Crippen LogP contribution in [-0.4, -0.2) is 13.2 Å². The van der Waals surface area contributed by atoms with Crippen LogP contribution >= 0.6 is 0 Å². The molecule has 2 aromatic rings. The Morgan fingerprint density at radius 2 is 1.70 bits per heavy atom. The first-order chi connectivity index (χ1) is 9.81. The summed E-state index contributed by atoms with van der Waals surface area (Å²) in [5.41, 5.74) is 7.07. The number of hydrogen-bond donors (Lipinski definition) is 1. The highest BCUT2D eigenvalue weighted by Gasteiger charge is 2.09. The van der Waals surface area contributed by atoms with Crippen molar-refractivity contribution in [1.82, 2.24) is 0 Å². The standard InChI is InChI=1S/C17H20FNO/c18-16-10-4-5-11-17(16)20-12-6-9-15(13-19)14-7-2-1-3-8-14/h1-5,7-8,10-11,15H,6,9,12-13,19H2. The van der Waals surface area contributed by atoms with Crippen molar-refractivity contribution in [2.75, 3.05) is 13.2 Å². The summed E-state index contributed by atoms with van der Waals surface area (Å²) in [5, 5.41) is 0. The van der Waals surface area contributed by atoms with Crippen molar-refractivity contribution in [3.8, 4) is 5.75 Å². The van der Waals surface area contributed by atoms with Crippen molar-refractivity contribution in [2.45, 2.75) is 18.8 Å². The summed E-state index contributed by atoms with van der Waals surface area (Å²) in [6.07, 6.45) is 1.79. The second-order valence-corrected chi connectivity index (χ2v) is 4.76. The van der Waals surface area contributed by atoms with Crippen molar-refractivity contribution in [2.24, 2.45) is 5.73 Å². The molecule has 0 aromatic heterocycles. The van der Waals surface area contributed by atoms with Gasteiger partial charge in [0.15, 0.2) is 11.6 Å². The van der Waals surface area contributed by atoms with Gasteiger partial charge >= 0.3 is 0 Å². The molecule has 2 aromatic carbocycles. The van der Waals surface area contributed by atoms with Crippen LogP contribution in [0.1, 0.15) is 24.3 Å². The topological polar surface area (TPSA) is 35.2 Å². The molecule has 0 saturated heterocycles. The van der Waals surface area contributed by atoms with Crippen LogP contribution < -0.4 is 10.5 Å². The number of benzene rings is 2. The van der Waals surface area contributed by atoms with Gasteiger partial charge in [0, 0.05) is 0 Å². The summed E-state index contributed by atoms with van der Waals surface area (Å²) in [4.78, 5) is 0. The van der Waals surface area contributed by atoms with E-state index >= 15 is 0 Å². The van der Waals surface area contributed by atoms with Crippen LogP contribution in [0.4, 0.5) is 4.39 Å². The van der Waals surface area contributed by atoms with Gasteiger partial charge in [0.05, 0.1) is 6.61 Å². The van der Waals surface area contributed by atoms with Crippen molar-refractivity contribution in [1.29, 1.82) is 0 Å². The summed E-state index contributed by atoms with van der Waals surface area (Å²) in [6, 6.07) is 16.7. The Labute approximate surface area is 119 Å². The molecule has 2 N–H and O–H groups in total. The van der Waals surface area contributed by atoms with Gasteiger partial charge in [-0.15, -0.1) is 0 Å². The van der Waals surface area contributed by atoms with Crippen LogP contribution in [0.5, 0.6) is 5.75 Å². The first-order valence-electron chi connectivity index (χ1n) is 6.93. The van der Waals surface area contributed by atoms with E-state index in [1.54, 1.807) is 18.2 Å². The normalized spacial score (nSPS) is 12.1. The number of ether oxygens (including phenoxy) is 1. The van der Waals surface area contributed by atoms with Gasteiger partial charge in [0.1, 0.15) is 0 Å². The number of nitrogens with two attached hydrogens (primary N) is 1. The molecule has 106 valence electrons. The second kappa shape index (κ2) is 7.65. The van der Waals surface area contributed by atoms with Crippen LogP contribution in [0.2, 0.25) is 0 Å². The lowest BCUT2D eigenvalue weighted by atomic mass is 9.95. The molecule has 1 unspecified atom stereocenters. The van der Waals surface area contributed by atoms with E-state index in [1.165, 1.54) is 11.6 Å². The number of para-hydroxylation sites is 1. The summed E-state index contributed by atoms with van der Waals surface area (Å²) in [5.74, 6) is 0.336. The Balaban J connectivity index is 1.79. The van der Waals surface area contributed by atoms with Gasteiger partial charge in [-0.05, 0) is 43.0 Å². The Morgan fingerprint density at radius 3 is 2.40 bits per heavy atom. The van der Waals surface area contributed by atoms with Crippen molar-refractivity contribution >= 4 is 0 Å². The monoisotopic (exact) mass is 273 g/mol. The van der Waals surface area contributed by atoms with Gasteiger partial charge in [-0.1, -0.05) is 42.5 Å². The van der Waals surface area contributed by atoms with Crippen LogP contribution in [-0.2, 0) is 0 Å². The van der Waals surface area contributed by atoms with Gasteiger partial charge in [0.2, 0.25) is 0 Å². The first kappa shape index (κ1) is 14.5. The van der Waals surface area contributed by atoms with E-state index in [9.17, 15) is 4.39 Å². The zero-order valence-corrected chi connectivity index (χ0v) is 11.5. The largest absolute Gasteiger partial charge is 0.491 e. The Kier molecular flexibility index (Phi) is 5.56. The molecule has 1 atom stereocenters. The third-order valence-electron chi connectivity index (χ3n) is 3.35. The number of hydrogen-bond acceptors (Lipinski definition) is 2. The van der Waals surface area contributed by atoms with Crippen LogP contribution in [0.3, 0.4) is 0 Å². The lowest BCUT2D eigenvalue weighted by Gasteiger charge is -2.15. The fourth-order valence-corrected chi connectivity index (χ4v) is 2.22. The predicted octanol–water partition coefficient (Wildman–Crippen LogP) is 3.73. The molecule has 20 heavy (non-hydrogen) atoms. The molecule has 0 aliphatic rings. The summed E-state index contributed by atoms with van der Waals surface area (Å²) in [6.45, 7) is 1.12. The molecular weight excluding hydrogens is 253 g/mol. The quantitative estimate of drug-likeness (QED) is 0.780. The number of rotatable bonds is 7. The number of halogens is 1. The fourth-order valence-electron chi connectivity index (χ4n) is 2.22. The van der Waals surface area contributed by atoms with Gasteiger partial charge in [0.25, 0.3) is 0 Å². The molecule has 2 nitrogen and oxygen atoms in total. The molecule has 0 radical (unpaired) electrons. The molecule has 0 amide bonds. The molecular formula is C17H20FNO. The predicted molar refractivity (Wildman–Crippen MR) is 79.4 cm³/mol. The van der Waals surface area contributed by atoms with Crippen LogP contribution in [0.25, 0.3) is 0 Å². The second-order valence-electron chi connectivity index (χ2n) is 4.76. The minimum atomic E-state index is -0.314. The maximum Gasteiger partial charge on any atom is 0.165 e. The van der Waals surface area contributed by atoms with Crippen LogP contribution in [0, 0.1) is 5.82 Å². The molecule has 0 fully saturated rings. The van der Waals surface area contributed by atoms with E-state index in [0.717, 1.165) is 12.8 Å². The van der Waals surface area contributed by atoms with Crippen molar-refractivity contribution in [3.05, 3.63) is 66.0 Å². The van der Waals surface area contributed by atoms with E-state index in [-0.39, 0.29) is 5.82 Å². The molecule has 0 aliphatic heterocycles. The minimum absolute atomic E-state index is 0.314. The minimum Gasteiger partial charge on any atom is -0.491 e. The molecule has 2 rings (SSSR count). The fraction of sp³-hybridized carbons (Fsp3) is 0.294. The third kappa shape index (κ3) is 4.07. The molecule has 3 heteroatoms. The van der Waals surface area contributed by atoms with E-state index in [1.807, 2.05) is 18.2 Å². The summed E-state index contributed by atoms with van der Waals surface area (Å²) in [7, 11) is 0. The molecule has 0 aliphatic carbocycles. The van der Waals surface area contributed by atoms with E-state index in [0.29, 0.717) is 24.8 Å². The maximum absolute atomic E-state index is 13.4. The SMILES string of the molecule is NCC(CCCOc1ccccc1F)c1ccccc1. The third-order valence-corrected chi connectivity index (χ3v) is 3.35. The van der Waals surface area contributed by atoms with Crippen molar-refractivity contribution in [3.63, 3.8) is 0 Å². The van der Waals surface area contributed by atoms with Gasteiger partial charge < -0.3 is 10.5 Å².